The fraction of sp³-hybridized carbons (Fsp3) is 0.438. The number of piperidine rings is 1. The van der Waals surface area contributed by atoms with E-state index in [4.69, 9.17) is 5.73 Å². The molecule has 1 aromatic carbocycles. The first-order valence-corrected chi connectivity index (χ1v) is 7.02. The van der Waals surface area contributed by atoms with E-state index in [9.17, 15) is 0 Å². The van der Waals surface area contributed by atoms with Gasteiger partial charge in [-0.2, -0.15) is 0 Å². The van der Waals surface area contributed by atoms with E-state index in [1.807, 2.05) is 12.3 Å². The van der Waals surface area contributed by atoms with Crippen LogP contribution in [-0.4, -0.2) is 29.0 Å². The summed E-state index contributed by atoms with van der Waals surface area (Å²) in [7, 11) is 0. The van der Waals surface area contributed by atoms with Gasteiger partial charge in [0.1, 0.15) is 0 Å². The molecule has 2 atom stereocenters. The van der Waals surface area contributed by atoms with Crippen LogP contribution in [-0.2, 0) is 6.54 Å². The third kappa shape index (κ3) is 2.94. The van der Waals surface area contributed by atoms with Crippen molar-refractivity contribution in [2.45, 2.75) is 25.9 Å². The van der Waals surface area contributed by atoms with Gasteiger partial charge in [0.25, 0.3) is 0 Å². The van der Waals surface area contributed by atoms with Crippen LogP contribution in [0.2, 0.25) is 0 Å². The molecule has 1 fully saturated rings. The standard InChI is InChI=1S/C16H21N3/c1-12-7-15(17)11-19(9-12)10-13-4-5-16-14(8-13)3-2-6-18-16/h2-6,8,12,15H,7,9-11,17H2,1H3. The third-order valence-corrected chi connectivity index (χ3v) is 3.84. The van der Waals surface area contributed by atoms with E-state index in [-0.39, 0.29) is 0 Å². The van der Waals surface area contributed by atoms with Gasteiger partial charge in [0, 0.05) is 37.3 Å². The molecule has 19 heavy (non-hydrogen) atoms. The largest absolute Gasteiger partial charge is 0.327 e. The van der Waals surface area contributed by atoms with Gasteiger partial charge in [0.15, 0.2) is 0 Å². The predicted octanol–water partition coefficient (Wildman–Crippen LogP) is 2.40. The molecule has 1 aliphatic rings. The second-order valence-electron chi connectivity index (χ2n) is 5.83. The third-order valence-electron chi connectivity index (χ3n) is 3.84. The lowest BCUT2D eigenvalue weighted by Crippen LogP contribution is -2.45. The second-order valence-corrected chi connectivity index (χ2v) is 5.83. The topological polar surface area (TPSA) is 42.1 Å². The number of aromatic nitrogens is 1. The zero-order valence-electron chi connectivity index (χ0n) is 11.4. The molecule has 1 aliphatic heterocycles. The highest BCUT2D eigenvalue weighted by atomic mass is 15.1. The molecule has 2 N–H and O–H groups in total. The van der Waals surface area contributed by atoms with Gasteiger partial charge in [0.2, 0.25) is 0 Å². The van der Waals surface area contributed by atoms with Crippen LogP contribution in [0.25, 0.3) is 10.9 Å². The summed E-state index contributed by atoms with van der Waals surface area (Å²) < 4.78 is 0. The SMILES string of the molecule is CC1CC(N)CN(Cc2ccc3ncccc3c2)C1. The Morgan fingerprint density at radius 3 is 3.05 bits per heavy atom. The van der Waals surface area contributed by atoms with Crippen molar-refractivity contribution < 1.29 is 0 Å². The van der Waals surface area contributed by atoms with Crippen LogP contribution in [0.4, 0.5) is 0 Å². The Hall–Kier alpha value is -1.45. The fourth-order valence-corrected chi connectivity index (χ4v) is 3.12. The minimum absolute atomic E-state index is 0.325. The van der Waals surface area contributed by atoms with Crippen LogP contribution in [0.15, 0.2) is 36.5 Å². The number of hydrogen-bond acceptors (Lipinski definition) is 3. The molecule has 3 nitrogen and oxygen atoms in total. The van der Waals surface area contributed by atoms with Gasteiger partial charge >= 0.3 is 0 Å². The first-order valence-electron chi connectivity index (χ1n) is 7.02. The fourth-order valence-electron chi connectivity index (χ4n) is 3.12. The molecule has 0 amide bonds. The maximum Gasteiger partial charge on any atom is 0.0702 e. The molecular formula is C16H21N3. The Balaban J connectivity index is 1.77. The average molecular weight is 255 g/mol. The summed E-state index contributed by atoms with van der Waals surface area (Å²) >= 11 is 0. The molecule has 1 aromatic heterocycles. The number of rotatable bonds is 2. The quantitative estimate of drug-likeness (QED) is 0.896. The lowest BCUT2D eigenvalue weighted by Gasteiger charge is -2.34. The Morgan fingerprint density at radius 1 is 1.32 bits per heavy atom. The van der Waals surface area contributed by atoms with Gasteiger partial charge in [-0.25, -0.2) is 0 Å². The van der Waals surface area contributed by atoms with Crippen molar-refractivity contribution in [3.63, 3.8) is 0 Å². The molecule has 2 unspecified atom stereocenters. The molecule has 2 aromatic rings. The van der Waals surface area contributed by atoms with Gasteiger partial charge in [-0.1, -0.05) is 19.1 Å². The number of pyridine rings is 1. The monoisotopic (exact) mass is 255 g/mol. The van der Waals surface area contributed by atoms with E-state index in [1.165, 1.54) is 10.9 Å². The number of nitrogens with two attached hydrogens (primary N) is 1. The summed E-state index contributed by atoms with van der Waals surface area (Å²) in [6.45, 7) is 5.44. The van der Waals surface area contributed by atoms with E-state index in [0.717, 1.165) is 31.6 Å². The molecule has 0 radical (unpaired) electrons. The zero-order chi connectivity index (χ0) is 13.2. The van der Waals surface area contributed by atoms with E-state index in [2.05, 4.69) is 41.1 Å². The Bertz CT molecular complexity index is 557. The average Bonchev–Trinajstić information content (AvgIpc) is 2.37. The molecule has 0 saturated carbocycles. The summed E-state index contributed by atoms with van der Waals surface area (Å²) in [5, 5.41) is 1.22. The summed E-state index contributed by atoms with van der Waals surface area (Å²) in [6.07, 6.45) is 2.99. The first-order chi connectivity index (χ1) is 9.20. The van der Waals surface area contributed by atoms with Crippen LogP contribution in [0.3, 0.4) is 0 Å². The van der Waals surface area contributed by atoms with E-state index < -0.39 is 0 Å². The second kappa shape index (κ2) is 5.27. The van der Waals surface area contributed by atoms with Crippen LogP contribution in [0.5, 0.6) is 0 Å². The molecule has 0 spiro atoms. The molecule has 3 heteroatoms. The van der Waals surface area contributed by atoms with Crippen molar-refractivity contribution in [3.05, 3.63) is 42.1 Å². The number of fused-ring (bicyclic) bond motifs is 1. The maximum atomic E-state index is 6.11. The minimum Gasteiger partial charge on any atom is -0.327 e. The van der Waals surface area contributed by atoms with Gasteiger partial charge in [-0.05, 0) is 36.1 Å². The molecule has 0 bridgehead atoms. The molecule has 0 aliphatic carbocycles. The molecule has 1 saturated heterocycles. The van der Waals surface area contributed by atoms with Gasteiger partial charge in [-0.3, -0.25) is 9.88 Å². The lowest BCUT2D eigenvalue weighted by molar-refractivity contribution is 0.158. The lowest BCUT2D eigenvalue weighted by atomic mass is 9.96. The molecule has 100 valence electrons. The maximum absolute atomic E-state index is 6.11. The van der Waals surface area contributed by atoms with Gasteiger partial charge < -0.3 is 5.73 Å². The van der Waals surface area contributed by atoms with Crippen molar-refractivity contribution in [2.75, 3.05) is 13.1 Å². The van der Waals surface area contributed by atoms with Crippen molar-refractivity contribution in [2.24, 2.45) is 11.7 Å². The first kappa shape index (κ1) is 12.6. The van der Waals surface area contributed by atoms with Crippen molar-refractivity contribution in [1.29, 1.82) is 0 Å². The van der Waals surface area contributed by atoms with E-state index >= 15 is 0 Å². The summed E-state index contributed by atoms with van der Waals surface area (Å²) in [4.78, 5) is 6.83. The minimum atomic E-state index is 0.325. The molecule has 3 rings (SSSR count). The van der Waals surface area contributed by atoms with E-state index in [1.54, 1.807) is 0 Å². The summed E-state index contributed by atoms with van der Waals surface area (Å²) in [5.74, 6) is 0.700. The van der Waals surface area contributed by atoms with Gasteiger partial charge in [0.05, 0.1) is 5.52 Å². The highest BCUT2D eigenvalue weighted by molar-refractivity contribution is 5.78. The Morgan fingerprint density at radius 2 is 2.21 bits per heavy atom. The van der Waals surface area contributed by atoms with Crippen molar-refractivity contribution >= 4 is 10.9 Å². The number of hydrogen-bond donors (Lipinski definition) is 1. The summed E-state index contributed by atoms with van der Waals surface area (Å²) in [6, 6.07) is 11.0. The van der Waals surface area contributed by atoms with Crippen LogP contribution in [0.1, 0.15) is 18.9 Å². The van der Waals surface area contributed by atoms with Crippen molar-refractivity contribution in [1.82, 2.24) is 9.88 Å². The highest BCUT2D eigenvalue weighted by Crippen LogP contribution is 2.19. The van der Waals surface area contributed by atoms with Crippen LogP contribution >= 0.6 is 0 Å². The zero-order valence-corrected chi connectivity index (χ0v) is 11.4. The predicted molar refractivity (Wildman–Crippen MR) is 78.8 cm³/mol. The molecule has 2 heterocycles. The molecular weight excluding hydrogens is 234 g/mol. The summed E-state index contributed by atoms with van der Waals surface area (Å²) in [5.41, 5.74) is 8.52. The number of benzene rings is 1. The van der Waals surface area contributed by atoms with Crippen LogP contribution < -0.4 is 5.73 Å². The smallest absolute Gasteiger partial charge is 0.0702 e. The normalized spacial score (nSPS) is 24.7. The van der Waals surface area contributed by atoms with Crippen molar-refractivity contribution in [3.8, 4) is 0 Å². The van der Waals surface area contributed by atoms with Crippen LogP contribution in [0, 0.1) is 5.92 Å². The van der Waals surface area contributed by atoms with E-state index in [0.29, 0.717) is 12.0 Å². The Kier molecular flexibility index (Phi) is 3.49. The van der Waals surface area contributed by atoms with Gasteiger partial charge in [-0.15, -0.1) is 0 Å². The number of likely N-dealkylation sites (tertiary alicyclic amines) is 1. The Labute approximate surface area is 114 Å². The number of nitrogens with zero attached hydrogens (tertiary/aromatic N) is 2. The highest BCUT2D eigenvalue weighted by Gasteiger charge is 2.21.